The molecule has 0 radical (unpaired) electrons. The Morgan fingerprint density at radius 1 is 1.29 bits per heavy atom. The average molecular weight is 506 g/mol. The van der Waals surface area contributed by atoms with E-state index in [1.54, 1.807) is 0 Å². The van der Waals surface area contributed by atoms with Crippen LogP contribution in [-0.4, -0.2) is 79.0 Å². The number of aliphatic imine (C=N–C) groups is 1. The number of nitrogens with zero attached hydrogens (tertiary/aromatic N) is 5. The van der Waals surface area contributed by atoms with E-state index in [9.17, 15) is 0 Å². The van der Waals surface area contributed by atoms with Crippen molar-refractivity contribution in [3.63, 3.8) is 0 Å². The number of aryl methyl sites for hydroxylation is 1. The van der Waals surface area contributed by atoms with Gasteiger partial charge in [0.1, 0.15) is 6.10 Å². The second-order valence-corrected chi connectivity index (χ2v) is 7.56. The molecule has 1 saturated heterocycles. The first-order valence-corrected chi connectivity index (χ1v) is 10.4. The van der Waals surface area contributed by atoms with Gasteiger partial charge in [-0.05, 0) is 40.4 Å². The molecule has 1 fully saturated rings. The van der Waals surface area contributed by atoms with Crippen LogP contribution in [0.25, 0.3) is 0 Å². The van der Waals surface area contributed by atoms with Crippen LogP contribution in [0, 0.1) is 0 Å². The average Bonchev–Trinajstić information content (AvgIpc) is 3.09. The molecule has 1 aromatic rings. The molecule has 2 heterocycles. The fourth-order valence-electron chi connectivity index (χ4n) is 3.33. The summed E-state index contributed by atoms with van der Waals surface area (Å²) in [5, 5.41) is 7.72. The van der Waals surface area contributed by atoms with Gasteiger partial charge in [-0.25, -0.2) is 0 Å². The zero-order valence-corrected chi connectivity index (χ0v) is 20.4. The van der Waals surface area contributed by atoms with Crippen molar-refractivity contribution in [2.75, 3.05) is 53.4 Å². The molecular formula is C20H39IN6O. The van der Waals surface area contributed by atoms with E-state index in [1.165, 1.54) is 32.2 Å². The second kappa shape index (κ2) is 14.2. The molecule has 0 aliphatic carbocycles. The van der Waals surface area contributed by atoms with Gasteiger partial charge >= 0.3 is 0 Å². The van der Waals surface area contributed by atoms with Crippen molar-refractivity contribution < 1.29 is 4.74 Å². The number of morpholine rings is 1. The summed E-state index contributed by atoms with van der Waals surface area (Å²) in [5.41, 5.74) is 1.13. The maximum Gasteiger partial charge on any atom is 0.194 e. The minimum absolute atomic E-state index is 0. The van der Waals surface area contributed by atoms with E-state index in [2.05, 4.69) is 41.2 Å². The Morgan fingerprint density at radius 3 is 2.71 bits per heavy atom. The van der Waals surface area contributed by atoms with Crippen LogP contribution in [0.4, 0.5) is 0 Å². The van der Waals surface area contributed by atoms with Gasteiger partial charge in [0.05, 0.1) is 19.3 Å². The maximum atomic E-state index is 5.95. The van der Waals surface area contributed by atoms with E-state index < -0.39 is 0 Å². The highest BCUT2D eigenvalue weighted by atomic mass is 127. The molecule has 8 heteroatoms. The molecule has 1 N–H and O–H groups in total. The molecular weight excluding hydrogens is 467 g/mol. The predicted molar refractivity (Wildman–Crippen MR) is 127 cm³/mol. The molecule has 2 rings (SSSR count). The van der Waals surface area contributed by atoms with Crippen molar-refractivity contribution in [2.45, 2.75) is 45.1 Å². The molecule has 0 amide bonds. The van der Waals surface area contributed by atoms with Crippen LogP contribution in [-0.2, 0) is 11.8 Å². The van der Waals surface area contributed by atoms with Crippen molar-refractivity contribution >= 4 is 29.9 Å². The number of rotatable bonds is 10. The fourth-order valence-corrected chi connectivity index (χ4v) is 3.33. The number of ether oxygens (including phenoxy) is 1. The van der Waals surface area contributed by atoms with Gasteiger partial charge in [0, 0.05) is 38.4 Å². The van der Waals surface area contributed by atoms with Gasteiger partial charge < -0.3 is 19.9 Å². The van der Waals surface area contributed by atoms with Gasteiger partial charge in [-0.3, -0.25) is 9.67 Å². The summed E-state index contributed by atoms with van der Waals surface area (Å²) in [7, 11) is 6.22. The van der Waals surface area contributed by atoms with Gasteiger partial charge in [-0.1, -0.05) is 19.3 Å². The van der Waals surface area contributed by atoms with E-state index in [1.807, 2.05) is 24.1 Å². The third-order valence-electron chi connectivity index (χ3n) is 4.82. The van der Waals surface area contributed by atoms with Crippen LogP contribution in [0.1, 0.15) is 50.7 Å². The summed E-state index contributed by atoms with van der Waals surface area (Å²) in [6.07, 6.45) is 10.3. The molecule has 0 spiro atoms. The second-order valence-electron chi connectivity index (χ2n) is 7.56. The predicted octanol–water partition coefficient (Wildman–Crippen LogP) is 2.89. The standard InChI is InChI=1S/C20H38N6O.HI/c1-5-21-20(22-11-9-7-6-8-10-12-24(2)3)26-13-14-27-19(17-26)18-15-23-25(4)16-18;/h15-16,19H,5-14,17H2,1-4H3,(H,21,22);1H. The van der Waals surface area contributed by atoms with Crippen molar-refractivity contribution in [2.24, 2.45) is 12.0 Å². The molecule has 7 nitrogen and oxygen atoms in total. The van der Waals surface area contributed by atoms with Gasteiger partial charge in [0.25, 0.3) is 0 Å². The number of guanidine groups is 1. The molecule has 1 aromatic heterocycles. The highest BCUT2D eigenvalue weighted by molar-refractivity contribution is 14.0. The molecule has 1 unspecified atom stereocenters. The van der Waals surface area contributed by atoms with Crippen LogP contribution in [0.5, 0.6) is 0 Å². The Morgan fingerprint density at radius 2 is 2.04 bits per heavy atom. The third kappa shape index (κ3) is 9.09. The van der Waals surface area contributed by atoms with Crippen molar-refractivity contribution in [3.8, 4) is 0 Å². The number of aromatic nitrogens is 2. The van der Waals surface area contributed by atoms with Crippen LogP contribution in [0.2, 0.25) is 0 Å². The lowest BCUT2D eigenvalue weighted by Crippen LogP contribution is -2.48. The molecule has 28 heavy (non-hydrogen) atoms. The van der Waals surface area contributed by atoms with Crippen LogP contribution in [0.3, 0.4) is 0 Å². The molecule has 1 aliphatic rings. The van der Waals surface area contributed by atoms with Crippen molar-refractivity contribution in [1.82, 2.24) is 24.9 Å². The zero-order valence-electron chi connectivity index (χ0n) is 18.1. The topological polar surface area (TPSA) is 57.9 Å². The largest absolute Gasteiger partial charge is 0.370 e. The number of halogens is 1. The normalized spacial score (nSPS) is 17.7. The zero-order chi connectivity index (χ0) is 19.5. The van der Waals surface area contributed by atoms with E-state index in [0.717, 1.165) is 50.7 Å². The first-order valence-electron chi connectivity index (χ1n) is 10.4. The minimum atomic E-state index is 0. The van der Waals surface area contributed by atoms with Crippen LogP contribution in [0.15, 0.2) is 17.4 Å². The first-order chi connectivity index (χ1) is 13.1. The highest BCUT2D eigenvalue weighted by Crippen LogP contribution is 2.21. The molecule has 0 bridgehead atoms. The van der Waals surface area contributed by atoms with E-state index in [0.29, 0.717) is 0 Å². The summed E-state index contributed by atoms with van der Waals surface area (Å²) in [5.74, 6) is 1.02. The number of hydrogen-bond acceptors (Lipinski definition) is 4. The fraction of sp³-hybridized carbons (Fsp3) is 0.800. The number of hydrogen-bond donors (Lipinski definition) is 1. The Balaban J connectivity index is 0.00000392. The maximum absolute atomic E-state index is 5.95. The minimum Gasteiger partial charge on any atom is -0.370 e. The lowest BCUT2D eigenvalue weighted by Gasteiger charge is -2.34. The lowest BCUT2D eigenvalue weighted by atomic mass is 10.1. The van der Waals surface area contributed by atoms with Crippen molar-refractivity contribution in [3.05, 3.63) is 18.0 Å². The van der Waals surface area contributed by atoms with Gasteiger partial charge in [0.15, 0.2) is 5.96 Å². The van der Waals surface area contributed by atoms with E-state index in [4.69, 9.17) is 9.73 Å². The molecule has 1 aliphatic heterocycles. The van der Waals surface area contributed by atoms with Crippen molar-refractivity contribution in [1.29, 1.82) is 0 Å². The highest BCUT2D eigenvalue weighted by Gasteiger charge is 2.25. The quantitative estimate of drug-likeness (QED) is 0.229. The Bertz CT molecular complexity index is 563. The number of nitrogens with one attached hydrogen (secondary N) is 1. The Labute approximate surface area is 187 Å². The van der Waals surface area contributed by atoms with E-state index >= 15 is 0 Å². The summed E-state index contributed by atoms with van der Waals surface area (Å²) in [6.45, 7) is 7.52. The summed E-state index contributed by atoms with van der Waals surface area (Å²) < 4.78 is 7.78. The summed E-state index contributed by atoms with van der Waals surface area (Å²) in [6, 6.07) is 0. The van der Waals surface area contributed by atoms with Gasteiger partial charge in [0.2, 0.25) is 0 Å². The first kappa shape index (κ1) is 25.2. The SMILES string of the molecule is CCNC(=NCCCCCCCN(C)C)N1CCOC(c2cnn(C)c2)C1.I. The van der Waals surface area contributed by atoms with Crippen LogP contribution >= 0.6 is 24.0 Å². The molecule has 162 valence electrons. The Hall–Kier alpha value is -0.870. The third-order valence-corrected chi connectivity index (χ3v) is 4.82. The monoisotopic (exact) mass is 506 g/mol. The molecule has 0 saturated carbocycles. The van der Waals surface area contributed by atoms with Crippen LogP contribution < -0.4 is 5.32 Å². The molecule has 0 aromatic carbocycles. The van der Waals surface area contributed by atoms with Gasteiger partial charge in [-0.15, -0.1) is 24.0 Å². The lowest BCUT2D eigenvalue weighted by molar-refractivity contribution is -0.00804. The molecule has 1 atom stereocenters. The summed E-state index contributed by atoms with van der Waals surface area (Å²) >= 11 is 0. The number of unbranched alkanes of at least 4 members (excludes halogenated alkanes) is 4. The van der Waals surface area contributed by atoms with E-state index in [-0.39, 0.29) is 30.1 Å². The van der Waals surface area contributed by atoms with Gasteiger partial charge in [-0.2, -0.15) is 5.10 Å². The smallest absolute Gasteiger partial charge is 0.194 e. The Kier molecular flexibility index (Phi) is 12.7. The summed E-state index contributed by atoms with van der Waals surface area (Å²) in [4.78, 5) is 9.44.